The van der Waals surface area contributed by atoms with Gasteiger partial charge in [-0.05, 0) is 88.5 Å². The fourth-order valence-electron chi connectivity index (χ4n) is 4.42. The summed E-state index contributed by atoms with van der Waals surface area (Å²) in [6.07, 6.45) is 6.53. The van der Waals surface area contributed by atoms with Gasteiger partial charge in [-0.2, -0.15) is 0 Å². The average Bonchev–Trinajstić information content (AvgIpc) is 2.93. The van der Waals surface area contributed by atoms with Gasteiger partial charge in [-0.25, -0.2) is 4.99 Å². The quantitative estimate of drug-likeness (QED) is 0.747. The van der Waals surface area contributed by atoms with Gasteiger partial charge >= 0.3 is 0 Å². The summed E-state index contributed by atoms with van der Waals surface area (Å²) in [6.45, 7) is 7.01. The highest BCUT2D eigenvalue weighted by molar-refractivity contribution is 5.95. The normalized spacial score (nSPS) is 28.4. The molecule has 4 N–H and O–H groups in total. The Balaban J connectivity index is 1.62. The Morgan fingerprint density at radius 2 is 2.19 bits per heavy atom. The maximum absolute atomic E-state index is 6.25. The zero-order valence-electron chi connectivity index (χ0n) is 16.6. The SMILES string of the molecule is CC1=CC(C)(N)NC(Nc2cc3c(c(C4CCCN(C)CC4)c2)OCC3)=N1. The summed E-state index contributed by atoms with van der Waals surface area (Å²) < 4.78 is 6.03. The molecule has 1 aromatic carbocycles. The molecule has 1 aromatic rings. The highest BCUT2D eigenvalue weighted by Crippen LogP contribution is 2.41. The van der Waals surface area contributed by atoms with Crippen molar-refractivity contribution in [1.82, 2.24) is 10.2 Å². The third kappa shape index (κ3) is 4.12. The van der Waals surface area contributed by atoms with Crippen molar-refractivity contribution in [2.75, 3.05) is 32.1 Å². The van der Waals surface area contributed by atoms with Crippen molar-refractivity contribution in [3.8, 4) is 5.75 Å². The number of nitrogens with two attached hydrogens (primary N) is 1. The van der Waals surface area contributed by atoms with E-state index in [-0.39, 0.29) is 0 Å². The predicted molar refractivity (Wildman–Crippen MR) is 110 cm³/mol. The smallest absolute Gasteiger partial charge is 0.202 e. The summed E-state index contributed by atoms with van der Waals surface area (Å²) in [5.74, 6) is 2.37. The number of nitrogens with one attached hydrogen (secondary N) is 2. The van der Waals surface area contributed by atoms with E-state index in [1.54, 1.807) is 0 Å². The maximum atomic E-state index is 6.25. The number of guanidine groups is 1. The third-order valence-corrected chi connectivity index (χ3v) is 5.65. The second kappa shape index (κ2) is 7.17. The Kier molecular flexibility index (Phi) is 4.86. The molecule has 0 radical (unpaired) electrons. The topological polar surface area (TPSA) is 74.9 Å². The van der Waals surface area contributed by atoms with Crippen LogP contribution in [-0.4, -0.2) is 43.3 Å². The summed E-state index contributed by atoms with van der Waals surface area (Å²) in [6, 6.07) is 4.45. The first-order valence-corrected chi connectivity index (χ1v) is 10.00. The van der Waals surface area contributed by atoms with Crippen molar-refractivity contribution in [2.24, 2.45) is 10.7 Å². The lowest BCUT2D eigenvalue weighted by atomic mass is 9.89. The zero-order valence-corrected chi connectivity index (χ0v) is 16.6. The van der Waals surface area contributed by atoms with E-state index in [4.69, 9.17) is 10.5 Å². The highest BCUT2D eigenvalue weighted by atomic mass is 16.5. The minimum absolute atomic E-state index is 0.547. The van der Waals surface area contributed by atoms with E-state index >= 15 is 0 Å². The third-order valence-electron chi connectivity index (χ3n) is 5.65. The molecular weight excluding hydrogens is 338 g/mol. The van der Waals surface area contributed by atoms with Gasteiger partial charge < -0.3 is 26.0 Å². The lowest BCUT2D eigenvalue weighted by Crippen LogP contribution is -2.55. The van der Waals surface area contributed by atoms with Crippen LogP contribution in [0.1, 0.15) is 50.2 Å². The van der Waals surface area contributed by atoms with Crippen molar-refractivity contribution in [2.45, 2.75) is 51.1 Å². The first kappa shape index (κ1) is 18.3. The zero-order chi connectivity index (χ0) is 19.0. The molecule has 3 aliphatic rings. The summed E-state index contributed by atoms with van der Waals surface area (Å²) in [5, 5.41) is 6.71. The van der Waals surface area contributed by atoms with Crippen LogP contribution in [0, 0.1) is 0 Å². The molecule has 146 valence electrons. The number of aliphatic imine (C=N–C) groups is 1. The summed E-state index contributed by atoms with van der Waals surface area (Å²) in [5.41, 5.74) is 10.3. The van der Waals surface area contributed by atoms with Crippen LogP contribution in [0.5, 0.6) is 5.75 Å². The Morgan fingerprint density at radius 1 is 1.33 bits per heavy atom. The van der Waals surface area contributed by atoms with Gasteiger partial charge in [-0.1, -0.05) is 0 Å². The maximum Gasteiger partial charge on any atom is 0.202 e. The van der Waals surface area contributed by atoms with E-state index in [2.05, 4.69) is 39.7 Å². The van der Waals surface area contributed by atoms with Crippen LogP contribution in [0.15, 0.2) is 28.9 Å². The van der Waals surface area contributed by atoms with E-state index in [1.165, 1.54) is 36.9 Å². The molecule has 0 saturated carbocycles. The van der Waals surface area contributed by atoms with Crippen LogP contribution in [0.2, 0.25) is 0 Å². The average molecular weight is 370 g/mol. The number of ether oxygens (including phenoxy) is 1. The number of likely N-dealkylation sites (tertiary alicyclic amines) is 1. The predicted octanol–water partition coefficient (Wildman–Crippen LogP) is 2.77. The molecule has 0 aromatic heterocycles. The number of fused-ring (bicyclic) bond motifs is 1. The summed E-state index contributed by atoms with van der Waals surface area (Å²) >= 11 is 0. The Hall–Kier alpha value is -2.05. The second-order valence-electron chi connectivity index (χ2n) is 8.36. The van der Waals surface area contributed by atoms with Crippen molar-refractivity contribution in [1.29, 1.82) is 0 Å². The molecule has 3 heterocycles. The molecule has 3 aliphatic heterocycles. The number of nitrogens with zero attached hydrogens (tertiary/aromatic N) is 2. The van der Waals surface area contributed by atoms with Gasteiger partial charge in [-0.3, -0.25) is 0 Å². The van der Waals surface area contributed by atoms with Gasteiger partial charge in [0.25, 0.3) is 0 Å². The van der Waals surface area contributed by atoms with E-state index < -0.39 is 5.66 Å². The van der Waals surface area contributed by atoms with Crippen LogP contribution in [-0.2, 0) is 6.42 Å². The minimum atomic E-state index is -0.595. The summed E-state index contributed by atoms with van der Waals surface area (Å²) in [7, 11) is 2.22. The molecule has 0 aliphatic carbocycles. The van der Waals surface area contributed by atoms with Crippen molar-refractivity contribution in [3.05, 3.63) is 35.0 Å². The molecule has 1 saturated heterocycles. The molecular formula is C21H31N5O. The van der Waals surface area contributed by atoms with Gasteiger partial charge in [-0.15, -0.1) is 0 Å². The number of rotatable bonds is 2. The van der Waals surface area contributed by atoms with Crippen LogP contribution in [0.3, 0.4) is 0 Å². The van der Waals surface area contributed by atoms with Gasteiger partial charge in [0.2, 0.25) is 5.96 Å². The molecule has 2 unspecified atom stereocenters. The molecule has 1 fully saturated rings. The number of hydrogen-bond acceptors (Lipinski definition) is 6. The van der Waals surface area contributed by atoms with E-state index in [9.17, 15) is 0 Å². The number of hydrogen-bond donors (Lipinski definition) is 3. The Morgan fingerprint density at radius 3 is 3.00 bits per heavy atom. The van der Waals surface area contributed by atoms with Gasteiger partial charge in [0.15, 0.2) is 0 Å². The fourth-order valence-corrected chi connectivity index (χ4v) is 4.42. The standard InChI is InChI=1S/C21H31N5O/c1-14-13-21(2,22)25-20(23-14)24-17-11-16-7-10-27-19(16)18(12-17)15-5-4-8-26(3)9-6-15/h11-13,15H,4-10,22H2,1-3H3,(H2,23,24,25). The van der Waals surface area contributed by atoms with E-state index in [1.807, 2.05) is 19.9 Å². The molecule has 6 nitrogen and oxygen atoms in total. The van der Waals surface area contributed by atoms with Crippen LogP contribution in [0.25, 0.3) is 0 Å². The van der Waals surface area contributed by atoms with E-state index in [0.29, 0.717) is 11.9 Å². The minimum Gasteiger partial charge on any atom is -0.493 e. The van der Waals surface area contributed by atoms with E-state index in [0.717, 1.165) is 36.7 Å². The number of benzene rings is 1. The Bertz CT molecular complexity index is 783. The fraction of sp³-hybridized carbons (Fsp3) is 0.571. The lowest BCUT2D eigenvalue weighted by Gasteiger charge is -2.29. The van der Waals surface area contributed by atoms with Gasteiger partial charge in [0.05, 0.1) is 6.61 Å². The molecule has 27 heavy (non-hydrogen) atoms. The van der Waals surface area contributed by atoms with Crippen molar-refractivity contribution < 1.29 is 4.74 Å². The molecule has 2 atom stereocenters. The molecule has 0 amide bonds. The first-order chi connectivity index (χ1) is 12.9. The molecule has 6 heteroatoms. The largest absolute Gasteiger partial charge is 0.493 e. The van der Waals surface area contributed by atoms with Crippen molar-refractivity contribution >= 4 is 11.6 Å². The second-order valence-corrected chi connectivity index (χ2v) is 8.36. The first-order valence-electron chi connectivity index (χ1n) is 10.00. The molecule has 4 rings (SSSR count). The van der Waals surface area contributed by atoms with Crippen LogP contribution >= 0.6 is 0 Å². The van der Waals surface area contributed by atoms with Gasteiger partial charge in [0, 0.05) is 17.8 Å². The Labute approximate surface area is 161 Å². The number of allylic oxidation sites excluding steroid dienone is 1. The van der Waals surface area contributed by atoms with Crippen molar-refractivity contribution in [3.63, 3.8) is 0 Å². The van der Waals surface area contributed by atoms with Crippen LogP contribution in [0.4, 0.5) is 5.69 Å². The lowest BCUT2D eigenvalue weighted by molar-refractivity contribution is 0.342. The van der Waals surface area contributed by atoms with Gasteiger partial charge in [0.1, 0.15) is 11.4 Å². The molecule has 0 bridgehead atoms. The number of anilines is 1. The summed E-state index contributed by atoms with van der Waals surface area (Å²) in [4.78, 5) is 7.00. The molecule has 0 spiro atoms. The highest BCUT2D eigenvalue weighted by Gasteiger charge is 2.26. The van der Waals surface area contributed by atoms with Crippen LogP contribution < -0.4 is 21.1 Å². The monoisotopic (exact) mass is 369 g/mol.